The summed E-state index contributed by atoms with van der Waals surface area (Å²) < 4.78 is 47.8. The Kier molecular flexibility index (Phi) is 12.7. The molecular weight excluding hydrogens is 649 g/mol. The fourth-order valence-corrected chi connectivity index (χ4v) is 12.9. The molecule has 5 rings (SSSR count). The van der Waals surface area contributed by atoms with Crippen molar-refractivity contribution in [3.63, 3.8) is 0 Å². The third-order valence-corrected chi connectivity index (χ3v) is 15.8. The molecule has 0 N–H and O–H groups in total. The van der Waals surface area contributed by atoms with Gasteiger partial charge >= 0.3 is 29.5 Å². The Hall–Kier alpha value is -2.43. The molecular formula is C36H52O10Si2. The van der Waals surface area contributed by atoms with Crippen molar-refractivity contribution in [3.05, 3.63) is 58.7 Å². The highest BCUT2D eigenvalue weighted by molar-refractivity contribution is 6.61. The fourth-order valence-electron chi connectivity index (χ4n) is 7.68. The van der Waals surface area contributed by atoms with Gasteiger partial charge in [0, 0.05) is 63.6 Å². The van der Waals surface area contributed by atoms with E-state index in [0.717, 1.165) is 47.9 Å². The number of ether oxygens (including phenoxy) is 2. The van der Waals surface area contributed by atoms with E-state index in [0.29, 0.717) is 63.2 Å². The molecule has 264 valence electrons. The Morgan fingerprint density at radius 1 is 0.521 bits per heavy atom. The molecule has 2 aromatic rings. The lowest BCUT2D eigenvalue weighted by molar-refractivity contribution is -0.165. The van der Waals surface area contributed by atoms with E-state index >= 15 is 0 Å². The Morgan fingerprint density at radius 3 is 1.17 bits per heavy atom. The van der Waals surface area contributed by atoms with Crippen LogP contribution in [-0.2, 0) is 49.0 Å². The summed E-state index contributed by atoms with van der Waals surface area (Å²) in [5, 5.41) is 0. The smallest absolute Gasteiger partial charge is 0.426 e. The molecule has 10 nitrogen and oxygen atoms in total. The molecule has 2 aliphatic heterocycles. The lowest BCUT2D eigenvalue weighted by Crippen LogP contribution is -2.57. The zero-order valence-corrected chi connectivity index (χ0v) is 31.3. The highest BCUT2D eigenvalue weighted by atomic mass is 28.4. The predicted molar refractivity (Wildman–Crippen MR) is 184 cm³/mol. The van der Waals surface area contributed by atoms with Crippen molar-refractivity contribution in [2.24, 2.45) is 11.8 Å². The molecule has 12 heteroatoms. The highest BCUT2D eigenvalue weighted by Crippen LogP contribution is 2.64. The normalized spacial score (nSPS) is 21.4. The van der Waals surface area contributed by atoms with Gasteiger partial charge in [-0.15, -0.1) is 0 Å². The Morgan fingerprint density at radius 2 is 0.854 bits per heavy atom. The van der Waals surface area contributed by atoms with Crippen molar-refractivity contribution in [1.82, 2.24) is 0 Å². The summed E-state index contributed by atoms with van der Waals surface area (Å²) in [4.78, 5) is 26.6. The van der Waals surface area contributed by atoms with Crippen LogP contribution >= 0.6 is 0 Å². The van der Waals surface area contributed by atoms with Crippen LogP contribution in [0, 0.1) is 11.8 Å². The van der Waals surface area contributed by atoms with Crippen LogP contribution in [-0.4, -0.2) is 69.2 Å². The number of benzene rings is 2. The largest absolute Gasteiger partial charge is 0.500 e. The van der Waals surface area contributed by atoms with Gasteiger partial charge < -0.3 is 36.0 Å². The van der Waals surface area contributed by atoms with Crippen molar-refractivity contribution in [1.29, 1.82) is 0 Å². The summed E-state index contributed by atoms with van der Waals surface area (Å²) in [6, 6.07) is 13.7. The van der Waals surface area contributed by atoms with Crippen LogP contribution in [0.5, 0.6) is 11.5 Å². The van der Waals surface area contributed by atoms with E-state index < -0.39 is 29.4 Å². The van der Waals surface area contributed by atoms with Crippen molar-refractivity contribution >= 4 is 29.5 Å². The van der Waals surface area contributed by atoms with Crippen molar-refractivity contribution in [3.8, 4) is 11.5 Å². The van der Waals surface area contributed by atoms with Gasteiger partial charge in [-0.25, -0.2) is 0 Å². The molecule has 0 bridgehead atoms. The number of hydrogen-bond acceptors (Lipinski definition) is 10. The molecule has 48 heavy (non-hydrogen) atoms. The second kappa shape index (κ2) is 16.5. The van der Waals surface area contributed by atoms with E-state index in [9.17, 15) is 9.59 Å². The first kappa shape index (κ1) is 36.8. The van der Waals surface area contributed by atoms with E-state index in [1.165, 1.54) is 0 Å². The van der Waals surface area contributed by atoms with Gasteiger partial charge in [-0.2, -0.15) is 0 Å². The van der Waals surface area contributed by atoms with Crippen molar-refractivity contribution in [2.75, 3.05) is 39.6 Å². The van der Waals surface area contributed by atoms with E-state index in [4.69, 9.17) is 36.0 Å². The molecule has 1 fully saturated rings. The van der Waals surface area contributed by atoms with Gasteiger partial charge in [0.25, 0.3) is 0 Å². The lowest BCUT2D eigenvalue weighted by Gasteiger charge is -2.53. The minimum absolute atomic E-state index is 0.137. The van der Waals surface area contributed by atoms with E-state index in [1.54, 1.807) is 0 Å². The van der Waals surface area contributed by atoms with Gasteiger partial charge in [0.05, 0.1) is 11.8 Å². The minimum atomic E-state index is -2.73. The maximum Gasteiger partial charge on any atom is 0.500 e. The molecule has 1 aliphatic carbocycles. The Labute approximate surface area is 287 Å². The molecule has 3 aliphatic rings. The average Bonchev–Trinajstić information content (AvgIpc) is 3.03. The molecule has 0 radical (unpaired) electrons. The average molecular weight is 701 g/mol. The van der Waals surface area contributed by atoms with Crippen LogP contribution in [0.4, 0.5) is 0 Å². The van der Waals surface area contributed by atoms with E-state index in [2.05, 4.69) is 24.3 Å². The maximum absolute atomic E-state index is 13.3. The van der Waals surface area contributed by atoms with Crippen LogP contribution < -0.4 is 9.47 Å². The quantitative estimate of drug-likeness (QED) is 0.0852. The van der Waals surface area contributed by atoms with E-state index in [1.807, 2.05) is 53.7 Å². The molecule has 0 saturated heterocycles. The molecule has 0 amide bonds. The van der Waals surface area contributed by atoms with Crippen molar-refractivity contribution in [2.45, 2.75) is 91.1 Å². The molecule has 2 heterocycles. The first-order valence-corrected chi connectivity index (χ1v) is 21.7. The molecule has 0 spiro atoms. The van der Waals surface area contributed by atoms with Gasteiger partial charge in [0.15, 0.2) is 0 Å². The minimum Gasteiger partial charge on any atom is -0.426 e. The third-order valence-electron chi connectivity index (χ3n) is 9.47. The lowest BCUT2D eigenvalue weighted by atomic mass is 9.51. The summed E-state index contributed by atoms with van der Waals surface area (Å²) in [5.41, 5.74) is 4.09. The maximum atomic E-state index is 13.3. The number of carbonyl (C=O) groups is 2. The first-order valence-electron chi connectivity index (χ1n) is 17.8. The summed E-state index contributed by atoms with van der Waals surface area (Å²) in [5.74, 6) is -0.905. The Balaban J connectivity index is 1.29. The summed E-state index contributed by atoms with van der Waals surface area (Å²) >= 11 is 0. The number of aryl methyl sites for hydroxylation is 2. The molecule has 2 aromatic carbocycles. The van der Waals surface area contributed by atoms with Gasteiger partial charge in [-0.3, -0.25) is 9.59 Å². The third kappa shape index (κ3) is 7.66. The molecule has 0 aromatic heterocycles. The van der Waals surface area contributed by atoms with Gasteiger partial charge in [0.2, 0.25) is 0 Å². The van der Waals surface area contributed by atoms with Gasteiger partial charge in [-0.05, 0) is 102 Å². The SMILES string of the molecule is CCO[Si](CCCc1ccc2c(c1)OC(=O)[C@@H]1[C@@H]3C(=O)Oc4cc(CCC[Si](OCC)(OCC)OCC)ccc4[C@@H]3[C@H]21)(OCC)OCC. The van der Waals surface area contributed by atoms with Crippen LogP contribution in [0.1, 0.15) is 88.5 Å². The topological polar surface area (TPSA) is 108 Å². The second-order valence-electron chi connectivity index (χ2n) is 12.4. The van der Waals surface area contributed by atoms with Crippen molar-refractivity contribution < 1.29 is 45.6 Å². The van der Waals surface area contributed by atoms with Gasteiger partial charge in [-0.1, -0.05) is 24.3 Å². The predicted octanol–water partition coefficient (Wildman–Crippen LogP) is 6.60. The van der Waals surface area contributed by atoms with E-state index in [-0.39, 0.29) is 23.8 Å². The monoisotopic (exact) mass is 700 g/mol. The summed E-state index contributed by atoms with van der Waals surface area (Å²) in [6.45, 7) is 15.0. The zero-order valence-electron chi connectivity index (χ0n) is 29.3. The Bertz CT molecular complexity index is 1280. The first-order chi connectivity index (χ1) is 23.3. The van der Waals surface area contributed by atoms with Crippen LogP contribution in [0.3, 0.4) is 0 Å². The number of rotatable bonds is 20. The van der Waals surface area contributed by atoms with Crippen LogP contribution in [0.2, 0.25) is 12.1 Å². The molecule has 4 atom stereocenters. The highest BCUT2D eigenvalue weighted by Gasteiger charge is 2.64. The number of carbonyl (C=O) groups excluding carboxylic acids is 2. The number of fused-ring (bicyclic) bond motifs is 8. The fraction of sp³-hybridized carbons (Fsp3) is 0.611. The second-order valence-corrected chi connectivity index (χ2v) is 17.8. The van der Waals surface area contributed by atoms with Gasteiger partial charge in [0.1, 0.15) is 11.5 Å². The molecule has 0 unspecified atom stereocenters. The summed E-state index contributed by atoms with van der Waals surface area (Å²) in [7, 11) is -5.47. The number of esters is 2. The molecule has 1 saturated carbocycles. The number of hydrogen-bond donors (Lipinski definition) is 0. The summed E-state index contributed by atoms with van der Waals surface area (Å²) in [6.07, 6.45) is 3.19. The standard InChI is InChI=1S/C36H52O10Si2/c1-7-39-47(40-8-2,41-9-3)21-13-15-25-17-19-27-29(23-25)45-35(37)33-31(27)32-28-20-18-26(24-30(28)46-36(38)34(32)33)16-14-22-48(42-10-4,43-11-5)44-12-6/h17-20,23-24,31-34H,7-16,21-22H2,1-6H3/t31-,32+,33-,34+. The van der Waals surface area contributed by atoms with Crippen LogP contribution in [0.25, 0.3) is 0 Å². The zero-order chi connectivity index (χ0) is 34.3. The van der Waals surface area contributed by atoms with Crippen LogP contribution in [0.15, 0.2) is 36.4 Å².